The lowest BCUT2D eigenvalue weighted by atomic mass is 10.0. The van der Waals surface area contributed by atoms with Crippen molar-refractivity contribution in [2.24, 2.45) is 0 Å². The van der Waals surface area contributed by atoms with E-state index in [4.69, 9.17) is 19.1 Å². The second-order valence-corrected chi connectivity index (χ2v) is 9.94. The third kappa shape index (κ3) is 7.17. The van der Waals surface area contributed by atoms with Crippen LogP contribution < -0.4 is 9.47 Å². The zero-order valence-electron chi connectivity index (χ0n) is 23.1. The Morgan fingerprint density at radius 3 is 2.21 bits per heavy atom. The van der Waals surface area contributed by atoms with E-state index in [1.165, 1.54) is 0 Å². The second kappa shape index (κ2) is 13.5. The molecule has 0 atom stereocenters. The SMILES string of the molecule is O=C(O)CCCc1cn(CC(=O)O)c2c(-c3cc(-c4ccc(OCCCCOc5ccccc5)cc4)no3)cccc12. The molecular weight excluding hydrogens is 536 g/mol. The number of ether oxygens (including phenoxy) is 2. The van der Waals surface area contributed by atoms with Crippen molar-refractivity contribution in [3.8, 4) is 34.1 Å². The van der Waals surface area contributed by atoms with E-state index < -0.39 is 11.9 Å². The van der Waals surface area contributed by atoms with Gasteiger partial charge in [0.25, 0.3) is 0 Å². The second-order valence-electron chi connectivity index (χ2n) is 9.94. The first-order valence-corrected chi connectivity index (χ1v) is 13.9. The van der Waals surface area contributed by atoms with Crippen LogP contribution in [0.4, 0.5) is 0 Å². The van der Waals surface area contributed by atoms with Gasteiger partial charge in [-0.05, 0) is 73.7 Å². The van der Waals surface area contributed by atoms with Crippen molar-refractivity contribution < 1.29 is 33.8 Å². The van der Waals surface area contributed by atoms with Crippen molar-refractivity contribution in [3.05, 3.63) is 90.6 Å². The number of carbonyl (C=O) groups is 2. The van der Waals surface area contributed by atoms with Crippen LogP contribution in [0.5, 0.6) is 11.5 Å². The van der Waals surface area contributed by atoms with Crippen LogP contribution in [0, 0.1) is 0 Å². The van der Waals surface area contributed by atoms with Gasteiger partial charge in [-0.15, -0.1) is 0 Å². The summed E-state index contributed by atoms with van der Waals surface area (Å²) in [7, 11) is 0. The van der Waals surface area contributed by atoms with Crippen LogP contribution in [0.3, 0.4) is 0 Å². The predicted octanol–water partition coefficient (Wildman–Crippen LogP) is 6.69. The molecule has 2 N–H and O–H groups in total. The molecule has 42 heavy (non-hydrogen) atoms. The topological polar surface area (TPSA) is 124 Å². The number of benzene rings is 3. The minimum atomic E-state index is -0.972. The van der Waals surface area contributed by atoms with E-state index >= 15 is 0 Å². The van der Waals surface area contributed by atoms with Crippen LogP contribution in [0.25, 0.3) is 33.5 Å². The highest BCUT2D eigenvalue weighted by molar-refractivity contribution is 5.96. The van der Waals surface area contributed by atoms with Gasteiger partial charge in [0.15, 0.2) is 5.76 Å². The molecule has 0 aliphatic carbocycles. The summed E-state index contributed by atoms with van der Waals surface area (Å²) in [6, 6.07) is 24.9. The average Bonchev–Trinajstić information content (AvgIpc) is 3.61. The molecule has 0 aliphatic heterocycles. The maximum Gasteiger partial charge on any atom is 0.323 e. The van der Waals surface area contributed by atoms with Gasteiger partial charge in [0, 0.05) is 35.2 Å². The Balaban J connectivity index is 1.24. The van der Waals surface area contributed by atoms with Crippen molar-refractivity contribution in [1.82, 2.24) is 9.72 Å². The van der Waals surface area contributed by atoms with Gasteiger partial charge in [-0.1, -0.05) is 35.5 Å². The number of aryl methyl sites for hydroxylation is 1. The molecule has 0 amide bonds. The predicted molar refractivity (Wildman–Crippen MR) is 158 cm³/mol. The van der Waals surface area contributed by atoms with Crippen molar-refractivity contribution in [2.75, 3.05) is 13.2 Å². The minimum absolute atomic E-state index is 0.0459. The standard InChI is InChI=1S/C33H32N2O7/c36-31(37)13-6-8-24-21-35(22-32(38)39)33-27(24)11-7-12-28(33)30-20-29(34-42-30)23-14-16-26(17-15-23)41-19-5-4-18-40-25-9-2-1-3-10-25/h1-3,7,9-12,14-17,20-21H,4-6,8,13,18-19,22H2,(H,36,37)(H,38,39). The number of nitrogens with zero attached hydrogens (tertiary/aromatic N) is 2. The van der Waals surface area contributed by atoms with Gasteiger partial charge in [0.2, 0.25) is 0 Å². The first-order valence-electron chi connectivity index (χ1n) is 13.9. The summed E-state index contributed by atoms with van der Waals surface area (Å²) in [6.07, 6.45) is 4.58. The molecule has 5 aromatic rings. The highest BCUT2D eigenvalue weighted by Gasteiger charge is 2.18. The minimum Gasteiger partial charge on any atom is -0.494 e. The number of carboxylic acids is 2. The van der Waals surface area contributed by atoms with Crippen LogP contribution in [0.1, 0.15) is 31.2 Å². The lowest BCUT2D eigenvalue weighted by Gasteiger charge is -2.08. The van der Waals surface area contributed by atoms with Crippen molar-refractivity contribution in [1.29, 1.82) is 0 Å². The van der Waals surface area contributed by atoms with Crippen LogP contribution in [0.15, 0.2) is 89.6 Å². The molecule has 216 valence electrons. The number of aliphatic carboxylic acids is 2. The van der Waals surface area contributed by atoms with Crippen molar-refractivity contribution >= 4 is 22.8 Å². The van der Waals surface area contributed by atoms with E-state index in [1.54, 1.807) is 10.8 Å². The number of aromatic nitrogens is 2. The molecule has 0 aliphatic rings. The van der Waals surface area contributed by atoms with Gasteiger partial charge < -0.3 is 28.8 Å². The summed E-state index contributed by atoms with van der Waals surface area (Å²) >= 11 is 0. The third-order valence-electron chi connectivity index (χ3n) is 6.87. The number of hydrogen-bond donors (Lipinski definition) is 2. The molecule has 2 heterocycles. The Morgan fingerprint density at radius 1 is 0.810 bits per heavy atom. The molecule has 0 fully saturated rings. The van der Waals surface area contributed by atoms with Gasteiger partial charge in [0.05, 0.1) is 18.7 Å². The molecule has 0 spiro atoms. The molecule has 9 nitrogen and oxygen atoms in total. The molecule has 0 saturated carbocycles. The van der Waals surface area contributed by atoms with E-state index in [1.807, 2.05) is 78.9 Å². The van der Waals surface area contributed by atoms with E-state index in [2.05, 4.69) is 5.16 Å². The van der Waals surface area contributed by atoms with Crippen LogP contribution in [0.2, 0.25) is 0 Å². The first kappa shape index (κ1) is 28.5. The number of para-hydroxylation sites is 2. The fraction of sp³-hybridized carbons (Fsp3) is 0.242. The Bertz CT molecular complexity index is 1640. The van der Waals surface area contributed by atoms with E-state index in [0.717, 1.165) is 40.9 Å². The fourth-order valence-corrected chi connectivity index (χ4v) is 4.89. The Hall–Kier alpha value is -5.05. The van der Waals surface area contributed by atoms with E-state index in [0.29, 0.717) is 48.6 Å². The normalized spacial score (nSPS) is 11.0. The van der Waals surface area contributed by atoms with E-state index in [-0.39, 0.29) is 13.0 Å². The van der Waals surface area contributed by atoms with Crippen molar-refractivity contribution in [2.45, 2.75) is 38.6 Å². The maximum absolute atomic E-state index is 11.6. The summed E-state index contributed by atoms with van der Waals surface area (Å²) in [4.78, 5) is 22.6. The quantitative estimate of drug-likeness (QED) is 0.134. The fourth-order valence-electron chi connectivity index (χ4n) is 4.89. The molecule has 5 rings (SSSR count). The molecule has 0 unspecified atom stereocenters. The number of unbranched alkanes of at least 4 members (excludes halogenated alkanes) is 1. The molecule has 9 heteroatoms. The van der Waals surface area contributed by atoms with Crippen molar-refractivity contribution in [3.63, 3.8) is 0 Å². The summed E-state index contributed by atoms with van der Waals surface area (Å²) in [5.41, 5.74) is 3.83. The average molecular weight is 569 g/mol. The van der Waals surface area contributed by atoms with E-state index in [9.17, 15) is 14.7 Å². The first-order chi connectivity index (χ1) is 20.5. The van der Waals surface area contributed by atoms with Crippen LogP contribution >= 0.6 is 0 Å². The Morgan fingerprint density at radius 2 is 1.52 bits per heavy atom. The summed E-state index contributed by atoms with van der Waals surface area (Å²) in [5.74, 6) is 0.311. The molecular formula is C33H32N2O7. The maximum atomic E-state index is 11.6. The van der Waals surface area contributed by atoms with Gasteiger partial charge in [-0.3, -0.25) is 9.59 Å². The van der Waals surface area contributed by atoms with Gasteiger partial charge in [-0.2, -0.15) is 0 Å². The number of carboxylic acid groups (broad SMARTS) is 2. The highest BCUT2D eigenvalue weighted by atomic mass is 16.5. The highest BCUT2D eigenvalue weighted by Crippen LogP contribution is 2.35. The Kier molecular flexibility index (Phi) is 9.18. The number of rotatable bonds is 15. The summed E-state index contributed by atoms with van der Waals surface area (Å²) < 4.78 is 19.0. The molecule has 0 bridgehead atoms. The number of hydrogen-bond acceptors (Lipinski definition) is 6. The summed E-state index contributed by atoms with van der Waals surface area (Å²) in [5, 5.41) is 23.7. The van der Waals surface area contributed by atoms with Gasteiger partial charge >= 0.3 is 11.9 Å². The summed E-state index contributed by atoms with van der Waals surface area (Å²) in [6.45, 7) is 1.00. The Labute approximate surface area is 242 Å². The molecule has 2 aromatic heterocycles. The molecule has 0 saturated heterocycles. The van der Waals surface area contributed by atoms with Crippen LogP contribution in [-0.4, -0.2) is 45.1 Å². The lowest BCUT2D eigenvalue weighted by molar-refractivity contribution is -0.138. The monoisotopic (exact) mass is 568 g/mol. The zero-order valence-corrected chi connectivity index (χ0v) is 23.1. The largest absolute Gasteiger partial charge is 0.494 e. The molecule has 0 radical (unpaired) electrons. The van der Waals surface area contributed by atoms with Crippen LogP contribution in [-0.2, 0) is 22.6 Å². The van der Waals surface area contributed by atoms with Gasteiger partial charge in [-0.25, -0.2) is 0 Å². The lowest BCUT2D eigenvalue weighted by Crippen LogP contribution is -2.07. The molecule has 3 aromatic carbocycles. The third-order valence-corrected chi connectivity index (χ3v) is 6.87. The zero-order chi connectivity index (χ0) is 29.3. The van der Waals surface area contributed by atoms with Gasteiger partial charge in [0.1, 0.15) is 23.7 Å². The smallest absolute Gasteiger partial charge is 0.323 e. The number of fused-ring (bicyclic) bond motifs is 1.